The van der Waals surface area contributed by atoms with Gasteiger partial charge in [-0.2, -0.15) is 0 Å². The Kier molecular flexibility index (Phi) is 8.88. The molecule has 1 aliphatic carbocycles. The molecule has 0 saturated heterocycles. The zero-order valence-corrected chi connectivity index (χ0v) is 16.7. The average Bonchev–Trinajstić information content (AvgIpc) is 2.31. The third-order valence-corrected chi connectivity index (χ3v) is 6.20. The molecule has 0 aromatic carbocycles. The molecule has 1 rings (SSSR count). The zero-order valence-electron chi connectivity index (χ0n) is 13.5. The number of rotatable bonds is 3. The minimum absolute atomic E-state index is 0. The van der Waals surface area contributed by atoms with Crippen molar-refractivity contribution in [3.05, 3.63) is 20.6 Å². The van der Waals surface area contributed by atoms with Crippen LogP contribution in [-0.2, 0) is 19.2 Å². The average molecular weight is 342 g/mol. The van der Waals surface area contributed by atoms with Gasteiger partial charge < -0.3 is 0 Å². The summed E-state index contributed by atoms with van der Waals surface area (Å²) in [6, 6.07) is 0. The number of hydrogen-bond acceptors (Lipinski definition) is 1. The predicted molar refractivity (Wildman–Crippen MR) is 87.3 cm³/mol. The molecular formula is C15H29Cl2NTi. The largest absolute Gasteiger partial charge is 0.147 e. The zero-order chi connectivity index (χ0) is 13.4. The molecule has 1 N–H and O–H groups in total. The van der Waals surface area contributed by atoms with Gasteiger partial charge in [0.05, 0.1) is 0 Å². The van der Waals surface area contributed by atoms with Crippen molar-refractivity contribution in [2.45, 2.75) is 71.2 Å². The Balaban J connectivity index is 0. The minimum Gasteiger partial charge on any atom is -0.147 e. The summed E-state index contributed by atoms with van der Waals surface area (Å²) >= 11 is 0.0200. The van der Waals surface area contributed by atoms with Crippen molar-refractivity contribution < 1.29 is 19.2 Å². The van der Waals surface area contributed by atoms with E-state index in [2.05, 4.69) is 60.7 Å². The van der Waals surface area contributed by atoms with E-state index in [1.807, 2.05) is 0 Å². The molecular weight excluding hydrogens is 313 g/mol. The van der Waals surface area contributed by atoms with Crippen molar-refractivity contribution in [1.82, 2.24) is 5.32 Å². The van der Waals surface area contributed by atoms with Gasteiger partial charge in [0.25, 0.3) is 0 Å². The van der Waals surface area contributed by atoms with Crippen LogP contribution in [0.3, 0.4) is 0 Å². The van der Waals surface area contributed by atoms with Crippen LogP contribution < -0.4 is 5.32 Å². The normalized spacial score (nSPS) is 23.2. The maximum absolute atomic E-state index is 3.86. The molecule has 0 aromatic heterocycles. The number of halogens is 2. The molecule has 0 spiro atoms. The van der Waals surface area contributed by atoms with E-state index >= 15 is 0 Å². The van der Waals surface area contributed by atoms with Crippen LogP contribution in [0.2, 0.25) is 4.73 Å². The number of allylic oxidation sites excluding steroid dienone is 2. The van der Waals surface area contributed by atoms with Gasteiger partial charge in [-0.15, -0.1) is 24.8 Å². The first-order valence-corrected chi connectivity index (χ1v) is 8.45. The molecule has 1 unspecified atom stereocenters. The topological polar surface area (TPSA) is 12.0 Å². The molecule has 1 atom stereocenters. The molecule has 0 heterocycles. The van der Waals surface area contributed by atoms with E-state index < -0.39 is 0 Å². The maximum Gasteiger partial charge on any atom is -0.147 e. The quantitative estimate of drug-likeness (QED) is 0.702. The van der Waals surface area contributed by atoms with E-state index in [9.17, 15) is 0 Å². The summed E-state index contributed by atoms with van der Waals surface area (Å²) in [7, 11) is 0. The van der Waals surface area contributed by atoms with Crippen LogP contribution in [0.15, 0.2) is 20.6 Å². The van der Waals surface area contributed by atoms with E-state index in [1.54, 1.807) is 9.45 Å². The summed E-state index contributed by atoms with van der Waals surface area (Å²) in [5.41, 5.74) is 4.87. The van der Waals surface area contributed by atoms with E-state index in [4.69, 9.17) is 0 Å². The molecule has 112 valence electrons. The summed E-state index contributed by atoms with van der Waals surface area (Å²) in [6.07, 6.45) is 0. The predicted octanol–water partition coefficient (Wildman–Crippen LogP) is 5.12. The molecule has 0 bridgehead atoms. The fraction of sp³-hybridized carbons (Fsp3) is 0.733. The first-order valence-electron chi connectivity index (χ1n) is 6.56. The molecule has 1 aliphatic rings. The summed E-state index contributed by atoms with van der Waals surface area (Å²) in [5, 5.41) is 3.86. The second kappa shape index (κ2) is 7.66. The number of nitrogens with one attached hydrogen (secondary N) is 1. The monoisotopic (exact) mass is 341 g/mol. The van der Waals surface area contributed by atoms with Crippen LogP contribution in [0.5, 0.6) is 0 Å². The SMILES string of the molecule is C[CH2][Ti][C]1=C(C)C(C)=C(C)C1(C)NC(C)(C)C.Cl.Cl. The van der Waals surface area contributed by atoms with Gasteiger partial charge in [-0.25, -0.2) is 0 Å². The van der Waals surface area contributed by atoms with Crippen LogP contribution in [0.4, 0.5) is 0 Å². The van der Waals surface area contributed by atoms with Crippen LogP contribution >= 0.6 is 24.8 Å². The van der Waals surface area contributed by atoms with Gasteiger partial charge in [-0.3, -0.25) is 0 Å². The Morgan fingerprint density at radius 2 is 1.53 bits per heavy atom. The van der Waals surface area contributed by atoms with E-state index in [1.165, 1.54) is 15.9 Å². The third kappa shape index (κ3) is 4.61. The van der Waals surface area contributed by atoms with Gasteiger partial charge in [0.1, 0.15) is 0 Å². The molecule has 0 amide bonds. The first-order chi connectivity index (χ1) is 7.63. The van der Waals surface area contributed by atoms with Crippen molar-refractivity contribution in [1.29, 1.82) is 0 Å². The molecule has 1 nitrogen and oxygen atoms in total. The fourth-order valence-electron chi connectivity index (χ4n) is 2.80. The van der Waals surface area contributed by atoms with Gasteiger partial charge in [-0.1, -0.05) is 0 Å². The van der Waals surface area contributed by atoms with Gasteiger partial charge in [0, 0.05) is 0 Å². The second-order valence-electron chi connectivity index (χ2n) is 6.28. The van der Waals surface area contributed by atoms with Gasteiger partial charge in [0.15, 0.2) is 0 Å². The Hall–Kier alpha value is 0.734. The van der Waals surface area contributed by atoms with Gasteiger partial charge in [-0.05, 0) is 0 Å². The van der Waals surface area contributed by atoms with E-state index in [0.29, 0.717) is 0 Å². The molecule has 0 radical (unpaired) electrons. The van der Waals surface area contributed by atoms with Crippen LogP contribution in [-0.4, -0.2) is 11.1 Å². The smallest absolute Gasteiger partial charge is 0.147 e. The summed E-state index contributed by atoms with van der Waals surface area (Å²) in [5.74, 6) is 0. The van der Waals surface area contributed by atoms with Crippen molar-refractivity contribution in [3.63, 3.8) is 0 Å². The first kappa shape index (κ1) is 22.0. The Labute approximate surface area is 140 Å². The molecule has 19 heavy (non-hydrogen) atoms. The standard InChI is InChI=1S/C13H22N.C2H5.2ClH.Ti/c1-9-8-13(7,11(3)10(9)2)14-12(4,5)6;1-2;;;/h14H,1-7H3;1H2,2H3;2*1H;. The second-order valence-corrected chi connectivity index (χ2v) is 8.72. The summed E-state index contributed by atoms with van der Waals surface area (Å²) in [4.78, 5) is 0. The van der Waals surface area contributed by atoms with E-state index in [-0.39, 0.29) is 55.0 Å². The number of hydrogen-bond donors (Lipinski definition) is 1. The molecule has 0 saturated carbocycles. The Morgan fingerprint density at radius 3 is 1.89 bits per heavy atom. The minimum atomic E-state index is 0. The molecule has 4 heteroatoms. The summed E-state index contributed by atoms with van der Waals surface area (Å²) < 4.78 is 3.05. The van der Waals surface area contributed by atoms with Crippen molar-refractivity contribution in [2.24, 2.45) is 0 Å². The van der Waals surface area contributed by atoms with Gasteiger partial charge in [0.2, 0.25) is 0 Å². The van der Waals surface area contributed by atoms with Crippen molar-refractivity contribution in [3.8, 4) is 0 Å². The van der Waals surface area contributed by atoms with Crippen LogP contribution in [0, 0.1) is 0 Å². The summed E-state index contributed by atoms with van der Waals surface area (Å²) in [6.45, 7) is 18.4. The van der Waals surface area contributed by atoms with Gasteiger partial charge >= 0.3 is 116 Å². The third-order valence-electron chi connectivity index (χ3n) is 3.73. The fourth-order valence-corrected chi connectivity index (χ4v) is 5.00. The molecule has 0 fully saturated rings. The van der Waals surface area contributed by atoms with Crippen LogP contribution in [0.25, 0.3) is 0 Å². The molecule has 0 aliphatic heterocycles. The Morgan fingerprint density at radius 1 is 1.05 bits per heavy atom. The molecule has 0 aromatic rings. The van der Waals surface area contributed by atoms with Crippen molar-refractivity contribution >= 4 is 24.8 Å². The van der Waals surface area contributed by atoms with E-state index in [0.717, 1.165) is 0 Å². The maximum atomic E-state index is 3.86. The Bertz CT molecular complexity index is 380. The van der Waals surface area contributed by atoms with Crippen LogP contribution in [0.1, 0.15) is 55.4 Å². The van der Waals surface area contributed by atoms with Crippen molar-refractivity contribution in [2.75, 3.05) is 0 Å².